The van der Waals surface area contributed by atoms with E-state index in [-0.39, 0.29) is 5.69 Å². The molecule has 0 spiro atoms. The summed E-state index contributed by atoms with van der Waals surface area (Å²) >= 11 is 0. The second-order valence-corrected chi connectivity index (χ2v) is 7.99. The van der Waals surface area contributed by atoms with Crippen LogP contribution in [0.25, 0.3) is 16.9 Å². The summed E-state index contributed by atoms with van der Waals surface area (Å²) in [5.74, 6) is 0.339. The van der Waals surface area contributed by atoms with Gasteiger partial charge in [-0.3, -0.25) is 9.89 Å². The third-order valence-corrected chi connectivity index (χ3v) is 5.23. The summed E-state index contributed by atoms with van der Waals surface area (Å²) < 4.78 is 28.1. The Balaban J connectivity index is 1.67. The van der Waals surface area contributed by atoms with E-state index >= 15 is 0 Å². The fourth-order valence-electron chi connectivity index (χ4n) is 4.09. The lowest BCUT2D eigenvalue weighted by atomic mass is 9.92. The lowest BCUT2D eigenvalue weighted by Gasteiger charge is -2.35. The van der Waals surface area contributed by atoms with Crippen LogP contribution >= 0.6 is 0 Å². The van der Waals surface area contributed by atoms with Crippen molar-refractivity contribution in [2.75, 3.05) is 18.0 Å². The van der Waals surface area contributed by atoms with Gasteiger partial charge >= 0.3 is 0 Å². The molecule has 2 atom stereocenters. The third kappa shape index (κ3) is 3.92. The Labute approximate surface area is 167 Å². The first kappa shape index (κ1) is 19.3. The number of aromatic nitrogens is 4. The van der Waals surface area contributed by atoms with E-state index < -0.39 is 17.2 Å². The van der Waals surface area contributed by atoms with Crippen molar-refractivity contribution in [3.8, 4) is 16.9 Å². The third-order valence-electron chi connectivity index (χ3n) is 5.23. The first-order chi connectivity index (χ1) is 13.8. The van der Waals surface area contributed by atoms with E-state index in [1.165, 1.54) is 12.5 Å². The SMILES string of the molecule is Cc1nc(N2CC(C)CC(C)C2)ncc1-c1cc(=O)n(-c2cc(F)cc(F)c2)[nH]1. The monoisotopic (exact) mass is 399 g/mol. The molecule has 152 valence electrons. The lowest BCUT2D eigenvalue weighted by molar-refractivity contribution is 0.353. The Hall–Kier alpha value is -3.03. The average Bonchev–Trinajstić information content (AvgIpc) is 3.01. The topological polar surface area (TPSA) is 66.8 Å². The first-order valence-corrected chi connectivity index (χ1v) is 9.67. The predicted molar refractivity (Wildman–Crippen MR) is 107 cm³/mol. The highest BCUT2D eigenvalue weighted by Gasteiger charge is 2.24. The number of hydrogen-bond donors (Lipinski definition) is 1. The van der Waals surface area contributed by atoms with Gasteiger partial charge in [0.25, 0.3) is 5.56 Å². The van der Waals surface area contributed by atoms with Crippen LogP contribution in [0.15, 0.2) is 35.3 Å². The van der Waals surface area contributed by atoms with Gasteiger partial charge in [-0.15, -0.1) is 0 Å². The van der Waals surface area contributed by atoms with Crippen molar-refractivity contribution in [3.05, 3.63) is 58.1 Å². The second-order valence-electron chi connectivity index (χ2n) is 7.99. The summed E-state index contributed by atoms with van der Waals surface area (Å²) in [7, 11) is 0. The summed E-state index contributed by atoms with van der Waals surface area (Å²) in [6, 6.07) is 4.32. The predicted octanol–water partition coefficient (Wildman–Crippen LogP) is 3.69. The molecule has 3 heterocycles. The quantitative estimate of drug-likeness (QED) is 0.729. The summed E-state index contributed by atoms with van der Waals surface area (Å²) in [6.45, 7) is 8.15. The van der Waals surface area contributed by atoms with Crippen molar-refractivity contribution in [1.82, 2.24) is 19.7 Å². The number of halogens is 2. The van der Waals surface area contributed by atoms with E-state index in [1.54, 1.807) is 6.20 Å². The lowest BCUT2D eigenvalue weighted by Crippen LogP contribution is -2.39. The number of nitrogens with zero attached hydrogens (tertiary/aromatic N) is 4. The number of anilines is 1. The highest BCUT2D eigenvalue weighted by atomic mass is 19.1. The number of hydrogen-bond acceptors (Lipinski definition) is 4. The van der Waals surface area contributed by atoms with E-state index in [1.807, 2.05) is 6.92 Å². The van der Waals surface area contributed by atoms with Crippen LogP contribution in [0, 0.1) is 30.4 Å². The molecule has 1 aliphatic heterocycles. The van der Waals surface area contributed by atoms with Crippen LogP contribution in [0.3, 0.4) is 0 Å². The Morgan fingerprint density at radius 1 is 1.07 bits per heavy atom. The normalized spacial score (nSPS) is 19.6. The minimum atomic E-state index is -0.753. The van der Waals surface area contributed by atoms with Crippen molar-refractivity contribution < 1.29 is 8.78 Å². The van der Waals surface area contributed by atoms with E-state index in [0.29, 0.717) is 29.0 Å². The van der Waals surface area contributed by atoms with Gasteiger partial charge in [0, 0.05) is 37.0 Å². The molecule has 1 saturated heterocycles. The van der Waals surface area contributed by atoms with Crippen LogP contribution in [0.1, 0.15) is 26.0 Å². The van der Waals surface area contributed by atoms with Gasteiger partial charge in [-0.25, -0.2) is 23.4 Å². The molecule has 1 fully saturated rings. The van der Waals surface area contributed by atoms with Gasteiger partial charge in [0.2, 0.25) is 5.95 Å². The van der Waals surface area contributed by atoms with Crippen LogP contribution in [0.2, 0.25) is 0 Å². The minimum Gasteiger partial charge on any atom is -0.340 e. The Morgan fingerprint density at radius 2 is 1.72 bits per heavy atom. The standard InChI is InChI=1S/C21H23F2N5O/c1-12-4-13(2)11-27(10-12)21-24-9-18(14(3)25-21)19-8-20(29)28(26-19)17-6-15(22)5-16(23)7-17/h5-9,12-13,26H,4,10-11H2,1-3H3. The molecule has 0 amide bonds. The molecule has 29 heavy (non-hydrogen) atoms. The molecule has 2 aromatic heterocycles. The van der Waals surface area contributed by atoms with E-state index in [4.69, 9.17) is 0 Å². The first-order valence-electron chi connectivity index (χ1n) is 9.67. The molecule has 0 radical (unpaired) electrons. The van der Waals surface area contributed by atoms with Gasteiger partial charge in [0.1, 0.15) is 11.6 Å². The zero-order valence-electron chi connectivity index (χ0n) is 16.6. The molecule has 1 aliphatic rings. The fraction of sp³-hybridized carbons (Fsp3) is 0.381. The molecule has 3 aromatic rings. The van der Waals surface area contributed by atoms with Crippen LogP contribution in [0.4, 0.5) is 14.7 Å². The van der Waals surface area contributed by atoms with Gasteiger partial charge < -0.3 is 4.90 Å². The number of aromatic amines is 1. The van der Waals surface area contributed by atoms with Gasteiger partial charge in [0.05, 0.1) is 17.1 Å². The number of H-pyrrole nitrogens is 1. The van der Waals surface area contributed by atoms with Gasteiger partial charge in [-0.05, 0) is 37.3 Å². The Bertz CT molecular complexity index is 1080. The van der Waals surface area contributed by atoms with Crippen LogP contribution in [-0.2, 0) is 0 Å². The van der Waals surface area contributed by atoms with Crippen LogP contribution < -0.4 is 10.5 Å². The molecule has 0 saturated carbocycles. The van der Waals surface area contributed by atoms with Gasteiger partial charge in [-0.1, -0.05) is 13.8 Å². The molecule has 0 bridgehead atoms. The fourth-order valence-corrected chi connectivity index (χ4v) is 4.09. The maximum atomic E-state index is 13.5. The summed E-state index contributed by atoms with van der Waals surface area (Å²) in [5.41, 5.74) is 1.54. The second kappa shape index (κ2) is 7.42. The van der Waals surface area contributed by atoms with E-state index in [2.05, 4.69) is 33.8 Å². The van der Waals surface area contributed by atoms with Crippen molar-refractivity contribution in [1.29, 1.82) is 0 Å². The Kier molecular flexibility index (Phi) is 4.94. The number of benzene rings is 1. The summed E-state index contributed by atoms with van der Waals surface area (Å²) in [6.07, 6.45) is 2.88. The minimum absolute atomic E-state index is 0.0882. The Morgan fingerprint density at radius 3 is 2.34 bits per heavy atom. The van der Waals surface area contributed by atoms with E-state index in [9.17, 15) is 13.6 Å². The molecule has 2 unspecified atom stereocenters. The molecular formula is C21H23F2N5O. The van der Waals surface area contributed by atoms with Crippen molar-refractivity contribution in [2.24, 2.45) is 11.8 Å². The maximum absolute atomic E-state index is 13.5. The van der Waals surface area contributed by atoms with Crippen molar-refractivity contribution >= 4 is 5.95 Å². The molecule has 6 nitrogen and oxygen atoms in total. The molecular weight excluding hydrogens is 376 g/mol. The average molecular weight is 399 g/mol. The highest BCUT2D eigenvalue weighted by Crippen LogP contribution is 2.26. The number of nitrogens with one attached hydrogen (secondary N) is 1. The van der Waals surface area contributed by atoms with E-state index in [0.717, 1.165) is 41.7 Å². The molecule has 0 aliphatic carbocycles. The number of piperidine rings is 1. The zero-order chi connectivity index (χ0) is 20.7. The van der Waals surface area contributed by atoms with Gasteiger partial charge in [0.15, 0.2) is 0 Å². The van der Waals surface area contributed by atoms with Crippen molar-refractivity contribution in [3.63, 3.8) is 0 Å². The number of aryl methyl sites for hydroxylation is 1. The van der Waals surface area contributed by atoms with Gasteiger partial charge in [-0.2, -0.15) is 0 Å². The number of rotatable bonds is 3. The molecule has 4 rings (SSSR count). The maximum Gasteiger partial charge on any atom is 0.271 e. The zero-order valence-corrected chi connectivity index (χ0v) is 16.6. The molecule has 8 heteroatoms. The molecule has 1 N–H and O–H groups in total. The van der Waals surface area contributed by atoms with Crippen molar-refractivity contribution in [2.45, 2.75) is 27.2 Å². The largest absolute Gasteiger partial charge is 0.340 e. The van der Waals surface area contributed by atoms with Crippen LogP contribution in [-0.4, -0.2) is 32.8 Å². The summed E-state index contributed by atoms with van der Waals surface area (Å²) in [5, 5.41) is 2.90. The van der Waals surface area contributed by atoms with Crippen LogP contribution in [0.5, 0.6) is 0 Å². The summed E-state index contributed by atoms with van der Waals surface area (Å²) in [4.78, 5) is 23.7. The highest BCUT2D eigenvalue weighted by molar-refractivity contribution is 5.61. The molecule has 1 aromatic carbocycles. The smallest absolute Gasteiger partial charge is 0.271 e.